The summed E-state index contributed by atoms with van der Waals surface area (Å²) in [6.07, 6.45) is 2.20. The number of nitrogens with one attached hydrogen (secondary N) is 1. The number of hydrogen-bond donors (Lipinski definition) is 1. The fraction of sp³-hybridized carbons (Fsp3) is 0.381. The van der Waals surface area contributed by atoms with Crippen molar-refractivity contribution < 1.29 is 13.6 Å². The normalized spacial score (nSPS) is 15.6. The van der Waals surface area contributed by atoms with E-state index in [9.17, 15) is 13.6 Å². The first kappa shape index (κ1) is 19.8. The Morgan fingerprint density at radius 2 is 1.78 bits per heavy atom. The molecular formula is C21H24F2N2OS. The lowest BCUT2D eigenvalue weighted by atomic mass is 10.0. The van der Waals surface area contributed by atoms with E-state index < -0.39 is 0 Å². The zero-order valence-electron chi connectivity index (χ0n) is 15.2. The van der Waals surface area contributed by atoms with Crippen LogP contribution < -0.4 is 5.32 Å². The summed E-state index contributed by atoms with van der Waals surface area (Å²) in [7, 11) is 0. The van der Waals surface area contributed by atoms with Gasteiger partial charge >= 0.3 is 0 Å². The third-order valence-electron chi connectivity index (χ3n) is 4.72. The summed E-state index contributed by atoms with van der Waals surface area (Å²) in [5, 5.41) is 3.10. The number of carbonyl (C=O) groups is 1. The van der Waals surface area contributed by atoms with Gasteiger partial charge in [-0.25, -0.2) is 8.78 Å². The Balaban J connectivity index is 1.34. The summed E-state index contributed by atoms with van der Waals surface area (Å²) in [6, 6.07) is 13.4. The van der Waals surface area contributed by atoms with Crippen LogP contribution in [0.3, 0.4) is 0 Å². The van der Waals surface area contributed by atoms with Crippen LogP contribution in [0.15, 0.2) is 53.4 Å². The van der Waals surface area contributed by atoms with Crippen LogP contribution >= 0.6 is 11.8 Å². The number of nitrogens with zero attached hydrogens (tertiary/aromatic N) is 1. The zero-order chi connectivity index (χ0) is 19.1. The fourth-order valence-electron chi connectivity index (χ4n) is 3.20. The molecule has 27 heavy (non-hydrogen) atoms. The number of hydrogen-bond acceptors (Lipinski definition) is 3. The Kier molecular flexibility index (Phi) is 7.24. The van der Waals surface area contributed by atoms with Gasteiger partial charge in [-0.2, -0.15) is 0 Å². The lowest BCUT2D eigenvalue weighted by Gasteiger charge is -2.32. The molecule has 2 aromatic carbocycles. The molecule has 1 aliphatic heterocycles. The largest absolute Gasteiger partial charge is 0.353 e. The highest BCUT2D eigenvalue weighted by atomic mass is 32.2. The molecule has 0 unspecified atom stereocenters. The van der Waals surface area contributed by atoms with Gasteiger partial charge in [0, 0.05) is 48.3 Å². The van der Waals surface area contributed by atoms with Gasteiger partial charge < -0.3 is 5.32 Å². The third kappa shape index (κ3) is 6.33. The monoisotopic (exact) mass is 390 g/mol. The van der Waals surface area contributed by atoms with Crippen molar-refractivity contribution in [1.82, 2.24) is 10.2 Å². The number of rotatable bonds is 7. The maximum absolute atomic E-state index is 13.7. The molecule has 1 aliphatic rings. The highest BCUT2D eigenvalue weighted by Gasteiger charge is 2.21. The molecule has 1 saturated heterocycles. The number of benzene rings is 2. The topological polar surface area (TPSA) is 32.3 Å². The molecule has 1 fully saturated rings. The van der Waals surface area contributed by atoms with E-state index >= 15 is 0 Å². The van der Waals surface area contributed by atoms with E-state index in [0.717, 1.165) is 36.4 Å². The van der Waals surface area contributed by atoms with Gasteiger partial charge in [0.2, 0.25) is 5.91 Å². The molecule has 0 atom stereocenters. The van der Waals surface area contributed by atoms with Crippen LogP contribution in [0.4, 0.5) is 8.78 Å². The lowest BCUT2D eigenvalue weighted by Crippen LogP contribution is -2.44. The molecule has 0 aromatic heterocycles. The first-order valence-corrected chi connectivity index (χ1v) is 10.2. The molecule has 0 radical (unpaired) electrons. The van der Waals surface area contributed by atoms with E-state index in [1.807, 2.05) is 12.1 Å². The number of halogens is 2. The van der Waals surface area contributed by atoms with E-state index in [0.29, 0.717) is 18.7 Å². The summed E-state index contributed by atoms with van der Waals surface area (Å²) in [5.74, 6) is 0.311. The van der Waals surface area contributed by atoms with Crippen LogP contribution in [0, 0.1) is 11.6 Å². The highest BCUT2D eigenvalue weighted by molar-refractivity contribution is 7.99. The number of thioether (sulfide) groups is 1. The van der Waals surface area contributed by atoms with Gasteiger partial charge in [-0.1, -0.05) is 18.2 Å². The van der Waals surface area contributed by atoms with Crippen LogP contribution in [0.2, 0.25) is 0 Å². The Labute approximate surface area is 163 Å². The minimum Gasteiger partial charge on any atom is -0.353 e. The first-order chi connectivity index (χ1) is 13.1. The molecule has 1 amide bonds. The van der Waals surface area contributed by atoms with Crippen molar-refractivity contribution in [3.63, 3.8) is 0 Å². The van der Waals surface area contributed by atoms with Crippen molar-refractivity contribution >= 4 is 17.7 Å². The van der Waals surface area contributed by atoms with E-state index in [-0.39, 0.29) is 23.6 Å². The lowest BCUT2D eigenvalue weighted by molar-refractivity contribution is -0.121. The fourth-order valence-corrected chi connectivity index (χ4v) is 4.05. The van der Waals surface area contributed by atoms with E-state index in [2.05, 4.69) is 10.2 Å². The maximum atomic E-state index is 13.7. The Bertz CT molecular complexity index is 746. The molecule has 3 rings (SSSR count). The van der Waals surface area contributed by atoms with Crippen LogP contribution in [-0.2, 0) is 11.3 Å². The summed E-state index contributed by atoms with van der Waals surface area (Å²) in [4.78, 5) is 15.3. The molecule has 0 bridgehead atoms. The predicted molar refractivity (Wildman–Crippen MR) is 105 cm³/mol. The van der Waals surface area contributed by atoms with Crippen LogP contribution in [0.25, 0.3) is 0 Å². The van der Waals surface area contributed by atoms with Gasteiger partial charge in [-0.3, -0.25) is 9.69 Å². The SMILES string of the molecule is O=C(CCSc1ccc(F)cc1)NC1CCN(Cc2ccccc2F)CC1. The minimum absolute atomic E-state index is 0.0529. The molecule has 0 aliphatic carbocycles. The maximum Gasteiger partial charge on any atom is 0.221 e. The van der Waals surface area contributed by atoms with Crippen LogP contribution in [0.1, 0.15) is 24.8 Å². The Morgan fingerprint density at radius 1 is 1.07 bits per heavy atom. The summed E-state index contributed by atoms with van der Waals surface area (Å²) in [6.45, 7) is 2.31. The first-order valence-electron chi connectivity index (χ1n) is 9.23. The summed E-state index contributed by atoms with van der Waals surface area (Å²) >= 11 is 1.55. The zero-order valence-corrected chi connectivity index (χ0v) is 16.0. The van der Waals surface area contributed by atoms with Crippen molar-refractivity contribution in [3.8, 4) is 0 Å². The number of carbonyl (C=O) groups excluding carboxylic acids is 1. The predicted octanol–water partition coefficient (Wildman–Crippen LogP) is 4.23. The second-order valence-corrected chi connectivity index (χ2v) is 7.93. The van der Waals surface area contributed by atoms with Crippen molar-refractivity contribution in [2.45, 2.75) is 36.7 Å². The number of piperidine rings is 1. The van der Waals surface area contributed by atoms with Gasteiger partial charge in [0.25, 0.3) is 0 Å². The van der Waals surface area contributed by atoms with Crippen molar-refractivity contribution in [1.29, 1.82) is 0 Å². The number of likely N-dealkylation sites (tertiary alicyclic amines) is 1. The third-order valence-corrected chi connectivity index (χ3v) is 5.73. The van der Waals surface area contributed by atoms with Gasteiger partial charge in [0.05, 0.1) is 0 Å². The molecule has 6 heteroatoms. The molecule has 144 valence electrons. The molecular weight excluding hydrogens is 366 g/mol. The van der Waals surface area contributed by atoms with Crippen molar-refractivity contribution in [2.75, 3.05) is 18.8 Å². The minimum atomic E-state index is -0.251. The molecule has 2 aromatic rings. The second-order valence-electron chi connectivity index (χ2n) is 6.76. The van der Waals surface area contributed by atoms with Gasteiger partial charge in [0.15, 0.2) is 0 Å². The second kappa shape index (κ2) is 9.85. The molecule has 0 spiro atoms. The smallest absolute Gasteiger partial charge is 0.221 e. The highest BCUT2D eigenvalue weighted by Crippen LogP contribution is 2.19. The Morgan fingerprint density at radius 3 is 2.48 bits per heavy atom. The average Bonchev–Trinajstić information content (AvgIpc) is 2.67. The Hall–Kier alpha value is -1.92. The van der Waals surface area contributed by atoms with Crippen LogP contribution in [-0.4, -0.2) is 35.7 Å². The number of amides is 1. The van der Waals surface area contributed by atoms with Gasteiger partial charge in [0.1, 0.15) is 11.6 Å². The molecule has 1 N–H and O–H groups in total. The van der Waals surface area contributed by atoms with Crippen molar-refractivity contribution in [2.24, 2.45) is 0 Å². The summed E-state index contributed by atoms with van der Waals surface area (Å²) < 4.78 is 26.6. The standard InChI is InChI=1S/C21H24F2N2OS/c22-17-5-7-19(8-6-17)27-14-11-21(26)24-18-9-12-25(13-10-18)15-16-3-1-2-4-20(16)23/h1-8,18H,9-15H2,(H,24,26). The van der Waals surface area contributed by atoms with E-state index in [1.165, 1.54) is 18.2 Å². The quantitative estimate of drug-likeness (QED) is 0.718. The van der Waals surface area contributed by atoms with Gasteiger partial charge in [-0.05, 0) is 43.2 Å². The average molecular weight is 390 g/mol. The van der Waals surface area contributed by atoms with E-state index in [4.69, 9.17) is 0 Å². The summed E-state index contributed by atoms with van der Waals surface area (Å²) in [5.41, 5.74) is 0.720. The molecule has 0 saturated carbocycles. The molecule has 3 nitrogen and oxygen atoms in total. The van der Waals surface area contributed by atoms with E-state index in [1.54, 1.807) is 30.0 Å². The molecule has 1 heterocycles. The van der Waals surface area contributed by atoms with Gasteiger partial charge in [-0.15, -0.1) is 11.8 Å². The van der Waals surface area contributed by atoms with Crippen LogP contribution in [0.5, 0.6) is 0 Å². The van der Waals surface area contributed by atoms with Crippen molar-refractivity contribution in [3.05, 3.63) is 65.7 Å².